The predicted molar refractivity (Wildman–Crippen MR) is 78.5 cm³/mol. The lowest BCUT2D eigenvalue weighted by Gasteiger charge is -2.08. The molecule has 1 aliphatic rings. The van der Waals surface area contributed by atoms with Crippen LogP contribution in [-0.4, -0.2) is 73.3 Å². The van der Waals surface area contributed by atoms with Crippen molar-refractivity contribution in [2.24, 2.45) is 0 Å². The van der Waals surface area contributed by atoms with Crippen molar-refractivity contribution in [1.29, 1.82) is 0 Å². The smallest absolute Gasteiger partial charge is 0.316 e. The number of rotatable bonds is 0. The van der Waals surface area contributed by atoms with E-state index in [0.717, 1.165) is 23.5 Å². The van der Waals surface area contributed by atoms with E-state index in [1.807, 2.05) is 0 Å². The first-order chi connectivity index (χ1) is 10.6. The van der Waals surface area contributed by atoms with Gasteiger partial charge < -0.3 is 18.9 Å². The average Bonchev–Trinajstić information content (AvgIpc) is 2.47. The molecule has 0 spiro atoms. The van der Waals surface area contributed by atoms with Crippen molar-refractivity contribution < 1.29 is 38.1 Å². The minimum atomic E-state index is -0.502. The summed E-state index contributed by atoms with van der Waals surface area (Å²) in [5.74, 6) is -2.03. The SMILES string of the molecule is O=C1CSCC(=O)OCCOC(=O)CSCC(=O)OCCO1. The summed E-state index contributed by atoms with van der Waals surface area (Å²) in [5, 5.41) is 0. The van der Waals surface area contributed by atoms with Gasteiger partial charge in [0.15, 0.2) is 0 Å². The quantitative estimate of drug-likeness (QED) is 0.424. The highest BCUT2D eigenvalue weighted by molar-refractivity contribution is 8.00. The zero-order chi connectivity index (χ0) is 16.2. The van der Waals surface area contributed by atoms with Gasteiger partial charge in [0.25, 0.3) is 0 Å². The van der Waals surface area contributed by atoms with E-state index in [2.05, 4.69) is 0 Å². The van der Waals surface area contributed by atoms with Crippen molar-refractivity contribution in [3.63, 3.8) is 0 Å². The topological polar surface area (TPSA) is 105 Å². The highest BCUT2D eigenvalue weighted by atomic mass is 32.2. The number of thioether (sulfide) groups is 2. The lowest BCUT2D eigenvalue weighted by Crippen LogP contribution is -2.19. The Morgan fingerprint density at radius 1 is 0.500 bits per heavy atom. The third kappa shape index (κ3) is 9.50. The molecule has 124 valence electrons. The fourth-order valence-electron chi connectivity index (χ4n) is 1.22. The van der Waals surface area contributed by atoms with Crippen LogP contribution in [0.4, 0.5) is 0 Å². The first kappa shape index (κ1) is 18.6. The van der Waals surface area contributed by atoms with Crippen LogP contribution in [0.2, 0.25) is 0 Å². The Hall–Kier alpha value is -1.42. The van der Waals surface area contributed by atoms with E-state index < -0.39 is 23.9 Å². The van der Waals surface area contributed by atoms with Crippen molar-refractivity contribution in [2.75, 3.05) is 49.4 Å². The highest BCUT2D eigenvalue weighted by Crippen LogP contribution is 2.04. The summed E-state index contributed by atoms with van der Waals surface area (Å²) >= 11 is 2.09. The lowest BCUT2D eigenvalue weighted by molar-refractivity contribution is -0.149. The molecule has 0 bridgehead atoms. The molecule has 10 heteroatoms. The molecule has 8 nitrogen and oxygen atoms in total. The van der Waals surface area contributed by atoms with Gasteiger partial charge in [-0.05, 0) is 0 Å². The molecule has 0 unspecified atom stereocenters. The van der Waals surface area contributed by atoms with Gasteiger partial charge in [0, 0.05) is 0 Å². The molecule has 0 atom stereocenters. The largest absolute Gasteiger partial charge is 0.461 e. The number of carbonyl (C=O) groups excluding carboxylic acids is 4. The number of ether oxygens (including phenoxy) is 4. The fourth-order valence-corrected chi connectivity index (χ4v) is 2.43. The van der Waals surface area contributed by atoms with Crippen molar-refractivity contribution >= 4 is 47.4 Å². The molecule has 1 aliphatic heterocycles. The van der Waals surface area contributed by atoms with E-state index in [0.29, 0.717) is 0 Å². The summed E-state index contributed by atoms with van der Waals surface area (Å²) < 4.78 is 19.3. The Balaban J connectivity index is 2.38. The average molecular weight is 352 g/mol. The molecular weight excluding hydrogens is 336 g/mol. The normalized spacial score (nSPS) is 20.7. The monoisotopic (exact) mass is 352 g/mol. The molecule has 0 saturated carbocycles. The Bertz CT molecular complexity index is 338. The van der Waals surface area contributed by atoms with Gasteiger partial charge in [-0.2, -0.15) is 0 Å². The van der Waals surface area contributed by atoms with Gasteiger partial charge in [-0.1, -0.05) is 0 Å². The maximum atomic E-state index is 11.3. The Morgan fingerprint density at radius 3 is 0.955 bits per heavy atom. The second-order valence-corrected chi connectivity index (χ2v) is 5.84. The molecule has 0 aromatic heterocycles. The van der Waals surface area contributed by atoms with Gasteiger partial charge >= 0.3 is 23.9 Å². The molecule has 1 fully saturated rings. The van der Waals surface area contributed by atoms with Crippen LogP contribution in [0, 0.1) is 0 Å². The first-order valence-electron chi connectivity index (χ1n) is 6.36. The fraction of sp³-hybridized carbons (Fsp3) is 0.667. The van der Waals surface area contributed by atoms with Crippen molar-refractivity contribution in [1.82, 2.24) is 0 Å². The minimum absolute atomic E-state index is 0.00607. The maximum absolute atomic E-state index is 11.3. The molecule has 0 aromatic rings. The molecule has 0 aliphatic carbocycles. The Labute approximate surface area is 135 Å². The van der Waals surface area contributed by atoms with E-state index in [9.17, 15) is 19.2 Å². The third-order valence-corrected chi connectivity index (χ3v) is 3.86. The lowest BCUT2D eigenvalue weighted by atomic mass is 10.7. The Morgan fingerprint density at radius 2 is 0.727 bits per heavy atom. The van der Waals surface area contributed by atoms with E-state index >= 15 is 0 Å². The zero-order valence-corrected chi connectivity index (χ0v) is 13.4. The van der Waals surface area contributed by atoms with E-state index in [-0.39, 0.29) is 49.4 Å². The van der Waals surface area contributed by atoms with Crippen LogP contribution in [0.1, 0.15) is 0 Å². The van der Waals surface area contributed by atoms with Crippen LogP contribution in [-0.2, 0) is 38.1 Å². The number of carbonyl (C=O) groups is 4. The third-order valence-electron chi connectivity index (χ3n) is 2.10. The van der Waals surface area contributed by atoms with Gasteiger partial charge in [-0.15, -0.1) is 23.5 Å². The minimum Gasteiger partial charge on any atom is -0.461 e. The van der Waals surface area contributed by atoms with Gasteiger partial charge in [0.2, 0.25) is 0 Å². The molecule has 0 N–H and O–H groups in total. The molecule has 22 heavy (non-hydrogen) atoms. The molecular formula is C12H16O8S2. The summed E-state index contributed by atoms with van der Waals surface area (Å²) in [6.07, 6.45) is 0. The zero-order valence-electron chi connectivity index (χ0n) is 11.7. The summed E-state index contributed by atoms with van der Waals surface area (Å²) in [5.41, 5.74) is 0. The second-order valence-electron chi connectivity index (χ2n) is 3.87. The summed E-state index contributed by atoms with van der Waals surface area (Å²) in [6.45, 7) is -0.213. The van der Waals surface area contributed by atoms with Gasteiger partial charge in [0.05, 0.1) is 23.0 Å². The standard InChI is InChI=1S/C12H16O8S2/c13-9-5-21-7-11(15)19-3-4-20-12(16)8-22-6-10(14)18-2-1-17-9/h1-8H2. The van der Waals surface area contributed by atoms with Crippen molar-refractivity contribution in [3.8, 4) is 0 Å². The molecule has 0 radical (unpaired) electrons. The molecule has 0 amide bonds. The number of hydrogen-bond donors (Lipinski definition) is 0. The number of cyclic esters (lactones) is 4. The number of esters is 4. The molecule has 1 saturated heterocycles. The van der Waals surface area contributed by atoms with Crippen LogP contribution in [0.15, 0.2) is 0 Å². The maximum Gasteiger partial charge on any atom is 0.316 e. The predicted octanol–water partition coefficient (Wildman–Crippen LogP) is -0.361. The highest BCUT2D eigenvalue weighted by Gasteiger charge is 2.11. The van der Waals surface area contributed by atoms with Crippen molar-refractivity contribution in [3.05, 3.63) is 0 Å². The molecule has 1 rings (SSSR count). The first-order valence-corrected chi connectivity index (χ1v) is 8.67. The van der Waals surface area contributed by atoms with Gasteiger partial charge in [-0.25, -0.2) is 0 Å². The number of hydrogen-bond acceptors (Lipinski definition) is 10. The second kappa shape index (κ2) is 11.2. The summed E-state index contributed by atoms with van der Waals surface area (Å²) in [7, 11) is 0. The van der Waals surface area contributed by atoms with Crippen LogP contribution in [0.3, 0.4) is 0 Å². The van der Waals surface area contributed by atoms with Crippen molar-refractivity contribution in [2.45, 2.75) is 0 Å². The van der Waals surface area contributed by atoms with Crippen LogP contribution in [0.5, 0.6) is 0 Å². The summed E-state index contributed by atoms with van der Waals surface area (Å²) in [6, 6.07) is 0. The Kier molecular flexibility index (Phi) is 9.47. The van der Waals surface area contributed by atoms with Crippen LogP contribution < -0.4 is 0 Å². The van der Waals surface area contributed by atoms with E-state index in [1.54, 1.807) is 0 Å². The van der Waals surface area contributed by atoms with Gasteiger partial charge in [0.1, 0.15) is 26.4 Å². The molecule has 0 aromatic carbocycles. The molecule has 1 heterocycles. The van der Waals surface area contributed by atoms with Gasteiger partial charge in [-0.3, -0.25) is 19.2 Å². The van der Waals surface area contributed by atoms with E-state index in [1.165, 1.54) is 0 Å². The van der Waals surface area contributed by atoms with E-state index in [4.69, 9.17) is 18.9 Å². The van der Waals surface area contributed by atoms with Crippen LogP contribution >= 0.6 is 23.5 Å². The van der Waals surface area contributed by atoms with Crippen LogP contribution in [0.25, 0.3) is 0 Å². The summed E-state index contributed by atoms with van der Waals surface area (Å²) in [4.78, 5) is 45.2.